The van der Waals surface area contributed by atoms with Crippen LogP contribution in [0.2, 0.25) is 0 Å². The number of ether oxygens (including phenoxy) is 2. The van der Waals surface area contributed by atoms with E-state index in [-0.39, 0.29) is 43.7 Å². The molecule has 0 saturated carbocycles. The van der Waals surface area contributed by atoms with Gasteiger partial charge in [-0.3, -0.25) is 18.9 Å². The minimum absolute atomic E-state index is 0.0255. The van der Waals surface area contributed by atoms with Crippen LogP contribution in [0, 0.1) is 11.8 Å². The van der Waals surface area contributed by atoms with Crippen molar-refractivity contribution in [1.82, 2.24) is 0 Å². The molecule has 5 atom stereocenters. The zero-order valence-electron chi connectivity index (χ0n) is 38.0. The van der Waals surface area contributed by atoms with Crippen LogP contribution in [0.3, 0.4) is 0 Å². The largest absolute Gasteiger partial charge is 0.756 e. The molecule has 0 saturated heterocycles. The molecule has 12 heteroatoms. The molecule has 1 aliphatic carbocycles. The van der Waals surface area contributed by atoms with E-state index in [0.29, 0.717) is 43.1 Å². The van der Waals surface area contributed by atoms with Crippen LogP contribution in [0.1, 0.15) is 155 Å². The van der Waals surface area contributed by atoms with Crippen molar-refractivity contribution in [2.24, 2.45) is 11.8 Å². The molecule has 1 N–H and O–H groups in total. The number of nitrogens with zero attached hydrogens (tertiary/aromatic N) is 1. The molecule has 344 valence electrons. The Morgan fingerprint density at radius 2 is 1.38 bits per heavy atom. The van der Waals surface area contributed by atoms with Crippen molar-refractivity contribution in [3.8, 4) is 0 Å². The number of carbonyl (C=O) groups excluding carboxylic acids is 3. The number of unbranched alkanes of at least 4 members (excludes halogenated alkanes) is 13. The summed E-state index contributed by atoms with van der Waals surface area (Å²) in [5.41, 5.74) is 0. The quantitative estimate of drug-likeness (QED) is 0.0209. The van der Waals surface area contributed by atoms with Gasteiger partial charge in [-0.2, -0.15) is 0 Å². The summed E-state index contributed by atoms with van der Waals surface area (Å²) in [4.78, 5) is 50.1. The highest BCUT2D eigenvalue weighted by Gasteiger charge is 2.27. The zero-order valence-corrected chi connectivity index (χ0v) is 38.9. The summed E-state index contributed by atoms with van der Waals surface area (Å²) in [6.45, 7) is 3.85. The van der Waals surface area contributed by atoms with Gasteiger partial charge in [-0.25, -0.2) is 0 Å². The first kappa shape index (κ1) is 55.4. The summed E-state index contributed by atoms with van der Waals surface area (Å²) >= 11 is 0. The number of hydrogen-bond donors (Lipinski definition) is 1. The van der Waals surface area contributed by atoms with Crippen molar-refractivity contribution in [1.29, 1.82) is 0 Å². The van der Waals surface area contributed by atoms with E-state index in [1.54, 1.807) is 12.2 Å². The van der Waals surface area contributed by atoms with Gasteiger partial charge in [0.1, 0.15) is 19.8 Å². The maximum atomic E-state index is 12.7. The maximum absolute atomic E-state index is 12.7. The number of phosphoric ester groups is 1. The van der Waals surface area contributed by atoms with Gasteiger partial charge in [-0.05, 0) is 76.2 Å². The molecule has 0 heterocycles. The molecule has 0 radical (unpaired) electrons. The zero-order chi connectivity index (χ0) is 44.3. The second-order valence-electron chi connectivity index (χ2n) is 17.1. The van der Waals surface area contributed by atoms with Gasteiger partial charge in [0.25, 0.3) is 7.82 Å². The highest BCUT2D eigenvalue weighted by atomic mass is 31.2. The number of phosphoric acid groups is 1. The van der Waals surface area contributed by atoms with E-state index >= 15 is 0 Å². The van der Waals surface area contributed by atoms with E-state index in [2.05, 4.69) is 38.2 Å². The summed E-state index contributed by atoms with van der Waals surface area (Å²) in [5.74, 6) is -1.21. The summed E-state index contributed by atoms with van der Waals surface area (Å²) in [6.07, 6.45) is 38.7. The Hall–Kier alpha value is -2.66. The number of carbonyl (C=O) groups is 3. The second kappa shape index (κ2) is 34.9. The van der Waals surface area contributed by atoms with Crippen LogP contribution in [0.15, 0.2) is 60.8 Å². The Bertz CT molecular complexity index is 1350. The monoisotopic (exact) mass is 864 g/mol. The minimum atomic E-state index is -4.68. The van der Waals surface area contributed by atoms with Gasteiger partial charge in [0.15, 0.2) is 11.9 Å². The number of esters is 2. The highest BCUT2D eigenvalue weighted by molar-refractivity contribution is 7.45. The second-order valence-corrected chi connectivity index (χ2v) is 18.5. The maximum Gasteiger partial charge on any atom is 0.306 e. The number of quaternary nitrogens is 1. The number of rotatable bonds is 38. The van der Waals surface area contributed by atoms with Crippen LogP contribution in [-0.2, 0) is 37.5 Å². The van der Waals surface area contributed by atoms with E-state index < -0.39 is 38.6 Å². The standard InChI is InChI=1S/C48H82NO10P/c1-6-8-10-11-12-13-14-15-16-17-18-19-20-21-22-23-29-33-48(53)59-44(41-58-60(54,55)57-39-38-49(3,4)5)40-56-47(52)32-28-25-24-27-30-42-34-37-46(51)45(42)36-35-43(50)31-26-9-7-2/h12-13,15-16,24,27,34-37,42-45,50H,6-11,14,17-23,25-26,28-33,38-41H2,1-5H3/b13-12-,16-15-,27-24-,36-35+/t42-,43-,44+,45+/m0/s1. The SMILES string of the molecule is CCCCC/C=C\C/C=C\CCCCCCCCCC(=O)O[C@H](COC(=O)CCC/C=C\C[C@H]1C=CC(=O)[C@@H]1/C=C/[C@@H](O)CCCCC)COP(=O)([O-])OCC[N+](C)(C)C. The van der Waals surface area contributed by atoms with Crippen LogP contribution in [0.4, 0.5) is 0 Å². The van der Waals surface area contributed by atoms with Crippen molar-refractivity contribution in [2.45, 2.75) is 167 Å². The third kappa shape index (κ3) is 32.1. The molecule has 60 heavy (non-hydrogen) atoms. The van der Waals surface area contributed by atoms with E-state index in [1.807, 2.05) is 45.4 Å². The Labute approximate surface area is 363 Å². The predicted octanol–water partition coefficient (Wildman–Crippen LogP) is 10.2. The van der Waals surface area contributed by atoms with Crippen LogP contribution in [0.25, 0.3) is 0 Å². The van der Waals surface area contributed by atoms with Crippen molar-refractivity contribution < 1.29 is 52.0 Å². The first-order valence-electron chi connectivity index (χ1n) is 23.0. The lowest BCUT2D eigenvalue weighted by Crippen LogP contribution is -2.37. The lowest BCUT2D eigenvalue weighted by molar-refractivity contribution is -0.870. The molecule has 0 amide bonds. The van der Waals surface area contributed by atoms with Gasteiger partial charge in [0.2, 0.25) is 0 Å². The predicted molar refractivity (Wildman–Crippen MR) is 240 cm³/mol. The van der Waals surface area contributed by atoms with Gasteiger partial charge in [0, 0.05) is 18.8 Å². The molecule has 0 aliphatic heterocycles. The molecular weight excluding hydrogens is 781 g/mol. The Kier molecular flexibility index (Phi) is 32.2. The Morgan fingerprint density at radius 1 is 0.783 bits per heavy atom. The summed E-state index contributed by atoms with van der Waals surface area (Å²) in [5, 5.41) is 10.2. The lowest BCUT2D eigenvalue weighted by atomic mass is 9.90. The Morgan fingerprint density at radius 3 is 2.07 bits per heavy atom. The molecule has 0 aromatic carbocycles. The van der Waals surface area contributed by atoms with Crippen LogP contribution in [0.5, 0.6) is 0 Å². The average Bonchev–Trinajstić information content (AvgIpc) is 3.55. The van der Waals surface area contributed by atoms with Gasteiger partial charge in [0.05, 0.1) is 33.9 Å². The fourth-order valence-corrected chi connectivity index (χ4v) is 7.23. The molecular formula is C48H82NO10P. The summed E-state index contributed by atoms with van der Waals surface area (Å²) < 4.78 is 33.9. The molecule has 0 spiro atoms. The van der Waals surface area contributed by atoms with Crippen molar-refractivity contribution in [2.75, 3.05) is 47.5 Å². The Balaban J connectivity index is 2.45. The molecule has 11 nitrogen and oxygen atoms in total. The average molecular weight is 864 g/mol. The van der Waals surface area contributed by atoms with Crippen molar-refractivity contribution in [3.63, 3.8) is 0 Å². The topological polar surface area (TPSA) is 148 Å². The molecule has 0 aromatic rings. The van der Waals surface area contributed by atoms with Crippen molar-refractivity contribution >= 4 is 25.5 Å². The van der Waals surface area contributed by atoms with E-state index in [0.717, 1.165) is 57.8 Å². The fraction of sp³-hybridized carbons (Fsp3) is 0.729. The minimum Gasteiger partial charge on any atom is -0.756 e. The van der Waals surface area contributed by atoms with Gasteiger partial charge in [-0.15, -0.1) is 0 Å². The first-order chi connectivity index (χ1) is 28.8. The van der Waals surface area contributed by atoms with E-state index in [1.165, 1.54) is 38.5 Å². The molecule has 0 bridgehead atoms. The normalized spacial score (nSPS) is 18.0. The molecule has 1 rings (SSSR count). The highest BCUT2D eigenvalue weighted by Crippen LogP contribution is 2.38. The fourth-order valence-electron chi connectivity index (χ4n) is 6.50. The van der Waals surface area contributed by atoms with Crippen molar-refractivity contribution in [3.05, 3.63) is 60.8 Å². The van der Waals surface area contributed by atoms with Crippen LogP contribution < -0.4 is 4.89 Å². The van der Waals surface area contributed by atoms with E-state index in [4.69, 9.17) is 18.5 Å². The summed E-state index contributed by atoms with van der Waals surface area (Å²) in [6, 6.07) is 0. The molecule has 0 aromatic heterocycles. The third-order valence-corrected chi connectivity index (χ3v) is 11.2. The lowest BCUT2D eigenvalue weighted by Gasteiger charge is -2.28. The number of likely N-dealkylation sites (N-methyl/N-ethyl adjacent to an activating group) is 1. The number of hydrogen-bond acceptors (Lipinski definition) is 10. The molecule has 1 aliphatic rings. The smallest absolute Gasteiger partial charge is 0.306 e. The van der Waals surface area contributed by atoms with Crippen LogP contribution in [-0.4, -0.2) is 87.0 Å². The van der Waals surface area contributed by atoms with Gasteiger partial charge < -0.3 is 33.0 Å². The van der Waals surface area contributed by atoms with Gasteiger partial charge >= 0.3 is 11.9 Å². The number of ketones is 1. The van der Waals surface area contributed by atoms with Gasteiger partial charge in [-0.1, -0.05) is 133 Å². The molecule has 1 unspecified atom stereocenters. The number of allylic oxidation sites excluding steroid dienone is 9. The van der Waals surface area contributed by atoms with E-state index in [9.17, 15) is 28.9 Å². The summed E-state index contributed by atoms with van der Waals surface area (Å²) in [7, 11) is 1.04. The molecule has 0 fully saturated rings. The van der Waals surface area contributed by atoms with Crippen LogP contribution >= 0.6 is 7.82 Å². The number of aliphatic hydroxyl groups excluding tert-OH is 1. The first-order valence-corrected chi connectivity index (χ1v) is 24.5. The number of aliphatic hydroxyl groups is 1. The third-order valence-electron chi connectivity index (χ3n) is 10.3.